The standard InChI is InChI=1S/C31H53N3O5S.ClH/c1-5-7-8-9-10-11-12-13-14-15-16-17-18-19-27(25(3)38-26(4)35)39-30(6-2)34-24-29(36)33(31(34)37)22-20-28-32-21-23-40-28;/h21,23,25,27,30H,5-20,22,24H2,1-4H3;1H. The van der Waals surface area contributed by atoms with Crippen molar-refractivity contribution in [2.45, 2.75) is 149 Å². The topological polar surface area (TPSA) is 89.0 Å². The van der Waals surface area contributed by atoms with Crippen LogP contribution >= 0.6 is 23.7 Å². The van der Waals surface area contributed by atoms with Gasteiger partial charge in [0.15, 0.2) is 0 Å². The Balaban J connectivity index is 0.00000840. The summed E-state index contributed by atoms with van der Waals surface area (Å²) in [4.78, 5) is 44.5. The fraction of sp³-hybridized carbons (Fsp3) is 0.806. The van der Waals surface area contributed by atoms with Gasteiger partial charge in [0.2, 0.25) is 5.91 Å². The highest BCUT2D eigenvalue weighted by Crippen LogP contribution is 2.23. The number of unbranched alkanes of at least 4 members (excludes halogenated alkanes) is 12. The number of rotatable bonds is 23. The number of aromatic nitrogens is 1. The Morgan fingerprint density at radius 3 is 2.07 bits per heavy atom. The highest BCUT2D eigenvalue weighted by atomic mass is 35.5. The third kappa shape index (κ3) is 14.3. The molecule has 1 aliphatic rings. The summed E-state index contributed by atoms with van der Waals surface area (Å²) >= 11 is 1.52. The molecule has 0 aliphatic carbocycles. The molecule has 8 nitrogen and oxygen atoms in total. The Bertz CT molecular complexity index is 857. The van der Waals surface area contributed by atoms with Crippen LogP contribution in [0.2, 0.25) is 0 Å². The molecule has 10 heteroatoms. The number of hydrogen-bond donors (Lipinski definition) is 0. The minimum Gasteiger partial charge on any atom is -0.460 e. The first kappa shape index (κ1) is 37.3. The van der Waals surface area contributed by atoms with Crippen molar-refractivity contribution in [2.24, 2.45) is 0 Å². The number of thiazole rings is 1. The number of halogens is 1. The van der Waals surface area contributed by atoms with Crippen LogP contribution in [0.3, 0.4) is 0 Å². The number of imide groups is 1. The summed E-state index contributed by atoms with van der Waals surface area (Å²) in [5.41, 5.74) is 0. The van der Waals surface area contributed by atoms with Gasteiger partial charge >= 0.3 is 12.0 Å². The highest BCUT2D eigenvalue weighted by molar-refractivity contribution is 7.09. The van der Waals surface area contributed by atoms with Crippen molar-refractivity contribution in [3.05, 3.63) is 16.6 Å². The fourth-order valence-electron chi connectivity index (χ4n) is 5.30. The Morgan fingerprint density at radius 1 is 0.976 bits per heavy atom. The van der Waals surface area contributed by atoms with Crippen molar-refractivity contribution in [1.29, 1.82) is 0 Å². The second kappa shape index (κ2) is 21.9. The monoisotopic (exact) mass is 615 g/mol. The predicted octanol–water partition coefficient (Wildman–Crippen LogP) is 7.93. The van der Waals surface area contributed by atoms with Gasteiger partial charge < -0.3 is 9.47 Å². The van der Waals surface area contributed by atoms with E-state index in [1.807, 2.05) is 19.2 Å². The molecule has 3 unspecified atom stereocenters. The van der Waals surface area contributed by atoms with E-state index in [0.29, 0.717) is 19.4 Å². The van der Waals surface area contributed by atoms with E-state index in [-0.39, 0.29) is 43.0 Å². The molecule has 236 valence electrons. The van der Waals surface area contributed by atoms with E-state index in [1.165, 1.54) is 98.7 Å². The van der Waals surface area contributed by atoms with Crippen LogP contribution in [-0.4, -0.2) is 64.2 Å². The van der Waals surface area contributed by atoms with E-state index in [4.69, 9.17) is 9.47 Å². The van der Waals surface area contributed by atoms with Gasteiger partial charge in [-0.15, -0.1) is 23.7 Å². The summed E-state index contributed by atoms with van der Waals surface area (Å²) in [5.74, 6) is -0.565. The maximum atomic E-state index is 13.1. The second-order valence-electron chi connectivity index (χ2n) is 11.0. The third-order valence-electron chi connectivity index (χ3n) is 7.61. The van der Waals surface area contributed by atoms with Crippen LogP contribution in [0.15, 0.2) is 11.6 Å². The molecule has 0 spiro atoms. The summed E-state index contributed by atoms with van der Waals surface area (Å²) < 4.78 is 11.9. The Labute approximate surface area is 258 Å². The normalized spacial score (nSPS) is 15.6. The van der Waals surface area contributed by atoms with Crippen LogP contribution in [0.4, 0.5) is 4.79 Å². The van der Waals surface area contributed by atoms with Gasteiger partial charge in [-0.3, -0.25) is 19.4 Å². The molecule has 41 heavy (non-hydrogen) atoms. The molecule has 1 fully saturated rings. The van der Waals surface area contributed by atoms with Crippen molar-refractivity contribution >= 4 is 41.7 Å². The molecule has 1 aromatic heterocycles. The number of urea groups is 1. The zero-order valence-corrected chi connectivity index (χ0v) is 27.4. The smallest absolute Gasteiger partial charge is 0.329 e. The zero-order valence-electron chi connectivity index (χ0n) is 25.8. The first-order chi connectivity index (χ1) is 19.4. The van der Waals surface area contributed by atoms with Crippen LogP contribution in [0.25, 0.3) is 0 Å². The van der Waals surface area contributed by atoms with E-state index in [9.17, 15) is 14.4 Å². The van der Waals surface area contributed by atoms with Gasteiger partial charge in [-0.2, -0.15) is 0 Å². The summed E-state index contributed by atoms with van der Waals surface area (Å²) in [7, 11) is 0. The van der Waals surface area contributed by atoms with Crippen LogP contribution in [0, 0.1) is 0 Å². The van der Waals surface area contributed by atoms with Crippen molar-refractivity contribution in [3.63, 3.8) is 0 Å². The number of nitrogens with zero attached hydrogens (tertiary/aromatic N) is 3. The van der Waals surface area contributed by atoms with Gasteiger partial charge in [-0.25, -0.2) is 9.78 Å². The van der Waals surface area contributed by atoms with Gasteiger partial charge in [-0.05, 0) is 19.8 Å². The van der Waals surface area contributed by atoms with Gasteiger partial charge in [0, 0.05) is 31.5 Å². The Hall–Kier alpha value is -1.71. The molecule has 0 bridgehead atoms. The molecule has 2 rings (SSSR count). The quantitative estimate of drug-likeness (QED) is 0.0705. The Morgan fingerprint density at radius 2 is 1.56 bits per heavy atom. The number of carbonyl (C=O) groups is 3. The summed E-state index contributed by atoms with van der Waals surface area (Å²) in [6, 6.07) is -0.326. The molecular formula is C31H54ClN3O5S. The molecule has 0 saturated carbocycles. The molecule has 0 N–H and O–H groups in total. The maximum Gasteiger partial charge on any atom is 0.329 e. The molecule has 1 aromatic rings. The minimum absolute atomic E-state index is 0. The van der Waals surface area contributed by atoms with E-state index in [0.717, 1.165) is 24.3 Å². The van der Waals surface area contributed by atoms with Gasteiger partial charge in [0.1, 0.15) is 18.9 Å². The number of ether oxygens (including phenoxy) is 2. The lowest BCUT2D eigenvalue weighted by Crippen LogP contribution is -2.45. The van der Waals surface area contributed by atoms with Crippen molar-refractivity contribution in [2.75, 3.05) is 13.1 Å². The average Bonchev–Trinajstić information content (AvgIpc) is 3.54. The van der Waals surface area contributed by atoms with Gasteiger partial charge in [-0.1, -0.05) is 97.3 Å². The van der Waals surface area contributed by atoms with E-state index >= 15 is 0 Å². The molecule has 1 saturated heterocycles. The van der Waals surface area contributed by atoms with E-state index < -0.39 is 12.3 Å². The van der Waals surface area contributed by atoms with Crippen molar-refractivity contribution < 1.29 is 23.9 Å². The number of esters is 1. The largest absolute Gasteiger partial charge is 0.460 e. The number of carbonyl (C=O) groups excluding carboxylic acids is 3. The van der Waals surface area contributed by atoms with Gasteiger partial charge in [0.05, 0.1) is 11.1 Å². The van der Waals surface area contributed by atoms with Crippen LogP contribution in [-0.2, 0) is 25.5 Å². The molecule has 3 amide bonds. The molecule has 3 atom stereocenters. The van der Waals surface area contributed by atoms with Crippen LogP contribution in [0.5, 0.6) is 0 Å². The molecule has 0 radical (unpaired) electrons. The van der Waals surface area contributed by atoms with Crippen LogP contribution < -0.4 is 0 Å². The SMILES string of the molecule is CCCCCCCCCCCCCCCC(OC(CC)N1CC(=O)N(CCc2nccs2)C1=O)C(C)OC(C)=O.Cl. The number of amides is 3. The third-order valence-corrected chi connectivity index (χ3v) is 8.45. The summed E-state index contributed by atoms with van der Waals surface area (Å²) in [5, 5.41) is 2.79. The Kier molecular flexibility index (Phi) is 19.9. The van der Waals surface area contributed by atoms with E-state index in [2.05, 4.69) is 11.9 Å². The average molecular weight is 616 g/mol. The minimum atomic E-state index is -0.550. The van der Waals surface area contributed by atoms with Gasteiger partial charge in [0.25, 0.3) is 0 Å². The lowest BCUT2D eigenvalue weighted by atomic mass is 10.0. The highest BCUT2D eigenvalue weighted by Gasteiger charge is 2.40. The zero-order chi connectivity index (χ0) is 29.2. The maximum absolute atomic E-state index is 13.1. The van der Waals surface area contributed by atoms with Crippen molar-refractivity contribution in [1.82, 2.24) is 14.8 Å². The predicted molar refractivity (Wildman–Crippen MR) is 167 cm³/mol. The van der Waals surface area contributed by atoms with E-state index in [1.54, 1.807) is 6.20 Å². The molecule has 1 aliphatic heterocycles. The number of hydrogen-bond acceptors (Lipinski definition) is 7. The first-order valence-electron chi connectivity index (χ1n) is 15.7. The fourth-order valence-corrected chi connectivity index (χ4v) is 5.91. The molecule has 2 heterocycles. The lowest BCUT2D eigenvalue weighted by Gasteiger charge is -2.32. The molecule has 0 aromatic carbocycles. The van der Waals surface area contributed by atoms with Crippen LogP contribution in [0.1, 0.15) is 129 Å². The summed E-state index contributed by atoms with van der Waals surface area (Å²) in [6.45, 7) is 7.76. The second-order valence-corrected chi connectivity index (χ2v) is 12.0. The van der Waals surface area contributed by atoms with Crippen molar-refractivity contribution in [3.8, 4) is 0 Å². The first-order valence-corrected chi connectivity index (χ1v) is 16.6. The molecular weight excluding hydrogens is 562 g/mol. The lowest BCUT2D eigenvalue weighted by molar-refractivity contribution is -0.164. The summed E-state index contributed by atoms with van der Waals surface area (Å²) in [6.07, 6.45) is 18.9.